The van der Waals surface area contributed by atoms with Gasteiger partial charge in [-0.05, 0) is 36.8 Å². The Labute approximate surface area is 203 Å². The van der Waals surface area contributed by atoms with Crippen LogP contribution >= 0.6 is 0 Å². The van der Waals surface area contributed by atoms with Crippen molar-refractivity contribution in [2.75, 3.05) is 51.8 Å². The second-order valence-electron chi connectivity index (χ2n) is 8.90. The molecule has 1 saturated heterocycles. The quantitative estimate of drug-likeness (QED) is 0.441. The van der Waals surface area contributed by atoms with Gasteiger partial charge in [-0.2, -0.15) is 0 Å². The van der Waals surface area contributed by atoms with Crippen LogP contribution in [-0.2, 0) is 11.2 Å². The summed E-state index contributed by atoms with van der Waals surface area (Å²) in [7, 11) is 0. The number of rotatable bonds is 6. The summed E-state index contributed by atoms with van der Waals surface area (Å²) in [6, 6.07) is 13.9. The Morgan fingerprint density at radius 2 is 2.03 bits per heavy atom. The number of nitrogens with one attached hydrogen (secondary N) is 1. The fourth-order valence-electron chi connectivity index (χ4n) is 4.71. The smallest absolute Gasteiger partial charge is 0.220 e. The van der Waals surface area contributed by atoms with E-state index in [0.717, 1.165) is 84.4 Å². The van der Waals surface area contributed by atoms with E-state index in [2.05, 4.69) is 19.9 Å². The van der Waals surface area contributed by atoms with E-state index in [1.54, 1.807) is 6.20 Å². The number of H-pyrrole nitrogens is 1. The minimum absolute atomic E-state index is 0.108. The first-order valence-electron chi connectivity index (χ1n) is 12.0. The first kappa shape index (κ1) is 21.8. The van der Waals surface area contributed by atoms with Crippen LogP contribution in [-0.4, -0.2) is 70.9 Å². The molecule has 6 rings (SSSR count). The Kier molecular flexibility index (Phi) is 5.93. The monoisotopic (exact) mass is 472 g/mol. The highest BCUT2D eigenvalue weighted by Crippen LogP contribution is 2.38. The lowest BCUT2D eigenvalue weighted by Gasteiger charge is -2.28. The van der Waals surface area contributed by atoms with E-state index in [-0.39, 0.29) is 11.9 Å². The normalized spacial score (nSPS) is 18.2. The van der Waals surface area contributed by atoms with E-state index in [9.17, 15) is 0 Å². The molecule has 3 N–H and O–H groups in total. The van der Waals surface area contributed by atoms with Crippen molar-refractivity contribution >= 4 is 17.0 Å². The van der Waals surface area contributed by atoms with Crippen LogP contribution in [0.5, 0.6) is 11.5 Å². The van der Waals surface area contributed by atoms with Crippen LogP contribution in [0, 0.1) is 0 Å². The molecule has 0 amide bonds. The Bertz CT molecular complexity index is 1330. The lowest BCUT2D eigenvalue weighted by atomic mass is 9.95. The number of nitrogen functional groups attached to an aromatic ring is 1. The Balaban J connectivity index is 1.19. The van der Waals surface area contributed by atoms with Gasteiger partial charge in [0, 0.05) is 37.0 Å². The molecule has 0 saturated carbocycles. The van der Waals surface area contributed by atoms with Crippen LogP contribution in [0.1, 0.15) is 17.3 Å². The molecule has 2 aliphatic heterocycles. The predicted molar refractivity (Wildman–Crippen MR) is 133 cm³/mol. The molecule has 2 aliphatic rings. The third kappa shape index (κ3) is 4.65. The van der Waals surface area contributed by atoms with Gasteiger partial charge in [-0.25, -0.2) is 15.0 Å². The van der Waals surface area contributed by atoms with E-state index in [1.807, 2.05) is 42.5 Å². The van der Waals surface area contributed by atoms with Crippen molar-refractivity contribution in [3.8, 4) is 22.8 Å². The number of nitrogens with two attached hydrogens (primary N) is 1. The summed E-state index contributed by atoms with van der Waals surface area (Å²) in [5.41, 5.74) is 10.4. The molecule has 2 aromatic heterocycles. The number of ether oxygens (including phenoxy) is 3. The predicted octanol–water partition coefficient (Wildman–Crippen LogP) is 3.03. The van der Waals surface area contributed by atoms with E-state index in [1.165, 1.54) is 0 Å². The zero-order valence-electron chi connectivity index (χ0n) is 19.4. The number of nitrogens with zero attached hydrogens (tertiary/aromatic N) is 4. The maximum absolute atomic E-state index is 6.21. The molecule has 0 bridgehead atoms. The van der Waals surface area contributed by atoms with E-state index in [0.29, 0.717) is 13.2 Å². The van der Waals surface area contributed by atoms with Gasteiger partial charge >= 0.3 is 0 Å². The van der Waals surface area contributed by atoms with Gasteiger partial charge in [0.2, 0.25) is 5.95 Å². The van der Waals surface area contributed by atoms with E-state index >= 15 is 0 Å². The zero-order chi connectivity index (χ0) is 23.6. The minimum Gasteiger partial charge on any atom is -0.492 e. The molecular formula is C26H28N6O3. The van der Waals surface area contributed by atoms with Crippen molar-refractivity contribution in [3.05, 3.63) is 60.0 Å². The number of aromatic nitrogens is 4. The Morgan fingerprint density at radius 3 is 2.91 bits per heavy atom. The van der Waals surface area contributed by atoms with Gasteiger partial charge in [0.25, 0.3) is 0 Å². The average molecular weight is 473 g/mol. The van der Waals surface area contributed by atoms with Gasteiger partial charge in [0.05, 0.1) is 42.5 Å². The van der Waals surface area contributed by atoms with Gasteiger partial charge < -0.3 is 24.9 Å². The van der Waals surface area contributed by atoms with Crippen molar-refractivity contribution in [1.29, 1.82) is 0 Å². The molecule has 0 spiro atoms. The molecule has 9 nitrogen and oxygen atoms in total. The van der Waals surface area contributed by atoms with Crippen molar-refractivity contribution in [2.24, 2.45) is 0 Å². The zero-order valence-corrected chi connectivity index (χ0v) is 19.4. The van der Waals surface area contributed by atoms with Gasteiger partial charge in [-0.3, -0.25) is 4.90 Å². The number of hydrogen-bond donors (Lipinski definition) is 2. The topological polar surface area (TPSA) is 111 Å². The van der Waals surface area contributed by atoms with Crippen molar-refractivity contribution in [2.45, 2.75) is 12.3 Å². The van der Waals surface area contributed by atoms with Gasteiger partial charge in [-0.1, -0.05) is 12.1 Å². The van der Waals surface area contributed by atoms with Gasteiger partial charge in [0.1, 0.15) is 23.9 Å². The molecule has 1 unspecified atom stereocenters. The third-order valence-corrected chi connectivity index (χ3v) is 6.61. The van der Waals surface area contributed by atoms with E-state index < -0.39 is 0 Å². The standard InChI is InChI=1S/C26H28N6O3/c27-26-28-7-6-20(31-26)17-4-5-21-22(15-17)30-25(29-21)18-14-19-23(2-1-3-24(19)35-16-18)34-13-10-32-8-11-33-12-9-32/h1-7,15,18H,8-14,16H2,(H,29,30)(H2,27,28,31). The maximum Gasteiger partial charge on any atom is 0.220 e. The fraction of sp³-hybridized carbons (Fsp3) is 0.346. The summed E-state index contributed by atoms with van der Waals surface area (Å²) < 4.78 is 17.8. The molecule has 4 aromatic rings. The average Bonchev–Trinajstić information content (AvgIpc) is 3.33. The van der Waals surface area contributed by atoms with Crippen molar-refractivity contribution in [3.63, 3.8) is 0 Å². The van der Waals surface area contributed by atoms with Crippen LogP contribution in [0.3, 0.4) is 0 Å². The van der Waals surface area contributed by atoms with Crippen LogP contribution in [0.15, 0.2) is 48.7 Å². The number of imidazole rings is 1. The van der Waals surface area contributed by atoms with Crippen LogP contribution in [0.25, 0.3) is 22.3 Å². The number of benzene rings is 2. The number of anilines is 1. The first-order valence-corrected chi connectivity index (χ1v) is 12.0. The SMILES string of the molecule is Nc1nccc(-c2ccc3[nH]c(C4COc5cccc(OCCN6CCOCC6)c5C4)nc3c2)n1. The molecule has 180 valence electrons. The third-order valence-electron chi connectivity index (χ3n) is 6.61. The second kappa shape index (κ2) is 9.52. The van der Waals surface area contributed by atoms with Crippen LogP contribution in [0.2, 0.25) is 0 Å². The van der Waals surface area contributed by atoms with Gasteiger partial charge in [0.15, 0.2) is 0 Å². The highest BCUT2D eigenvalue weighted by molar-refractivity contribution is 5.81. The second-order valence-corrected chi connectivity index (χ2v) is 8.90. The number of fused-ring (bicyclic) bond motifs is 2. The summed E-state index contributed by atoms with van der Waals surface area (Å²) in [5, 5.41) is 0. The lowest BCUT2D eigenvalue weighted by Crippen LogP contribution is -2.38. The molecule has 4 heterocycles. The summed E-state index contributed by atoms with van der Waals surface area (Å²) in [4.78, 5) is 19.1. The molecule has 1 fully saturated rings. The summed E-state index contributed by atoms with van der Waals surface area (Å²) in [6.07, 6.45) is 2.47. The number of morpholine rings is 1. The fourth-order valence-corrected chi connectivity index (χ4v) is 4.71. The van der Waals surface area contributed by atoms with Crippen molar-refractivity contribution in [1.82, 2.24) is 24.8 Å². The lowest BCUT2D eigenvalue weighted by molar-refractivity contribution is 0.0321. The summed E-state index contributed by atoms with van der Waals surface area (Å²) >= 11 is 0. The first-order chi connectivity index (χ1) is 17.2. The largest absolute Gasteiger partial charge is 0.492 e. The van der Waals surface area contributed by atoms with Gasteiger partial charge in [-0.15, -0.1) is 0 Å². The molecule has 0 aliphatic carbocycles. The molecule has 35 heavy (non-hydrogen) atoms. The van der Waals surface area contributed by atoms with Crippen LogP contribution < -0.4 is 15.2 Å². The molecule has 9 heteroatoms. The summed E-state index contributed by atoms with van der Waals surface area (Å²) in [6.45, 7) is 5.60. The Hall–Kier alpha value is -3.69. The minimum atomic E-state index is 0.108. The molecule has 2 aromatic carbocycles. The number of aromatic amines is 1. The molecular weight excluding hydrogens is 444 g/mol. The highest BCUT2D eigenvalue weighted by Gasteiger charge is 2.27. The van der Waals surface area contributed by atoms with Crippen molar-refractivity contribution < 1.29 is 14.2 Å². The van der Waals surface area contributed by atoms with Crippen LogP contribution in [0.4, 0.5) is 5.95 Å². The Morgan fingerprint density at radius 1 is 1.11 bits per heavy atom. The molecule has 0 radical (unpaired) electrons. The summed E-state index contributed by atoms with van der Waals surface area (Å²) in [5.74, 6) is 3.06. The molecule has 1 atom stereocenters. The number of hydrogen-bond acceptors (Lipinski definition) is 8. The highest BCUT2D eigenvalue weighted by atomic mass is 16.5. The maximum atomic E-state index is 6.21. The van der Waals surface area contributed by atoms with E-state index in [4.69, 9.17) is 24.9 Å².